The summed E-state index contributed by atoms with van der Waals surface area (Å²) in [6, 6.07) is 7.63. The number of hydrogen-bond acceptors (Lipinski definition) is 5. The standard InChI is InChI=1S/C11H10ClN3O3S/c12-7-2-1-3-9(4-7)18-11-10(19(14,16)17)5-8(13)6-15-11/h1-6H,13H2,(H2,14,16,17). The third-order valence-corrected chi connectivity index (χ3v) is 3.30. The SMILES string of the molecule is Nc1cnc(Oc2cccc(Cl)c2)c(S(N)(=O)=O)c1. The van der Waals surface area contributed by atoms with Crippen LogP contribution in [0, 0.1) is 0 Å². The number of pyridine rings is 1. The topological polar surface area (TPSA) is 108 Å². The molecule has 0 aliphatic rings. The monoisotopic (exact) mass is 299 g/mol. The van der Waals surface area contributed by atoms with Crippen LogP contribution in [0.1, 0.15) is 0 Å². The summed E-state index contributed by atoms with van der Waals surface area (Å²) in [6.07, 6.45) is 1.27. The summed E-state index contributed by atoms with van der Waals surface area (Å²) in [4.78, 5) is 3.54. The minimum atomic E-state index is -3.99. The Morgan fingerprint density at radius 1 is 1.26 bits per heavy atom. The smallest absolute Gasteiger partial charge is 0.243 e. The van der Waals surface area contributed by atoms with Crippen molar-refractivity contribution in [3.8, 4) is 11.6 Å². The third kappa shape index (κ3) is 3.34. The van der Waals surface area contributed by atoms with Crippen molar-refractivity contribution in [3.05, 3.63) is 41.6 Å². The average molecular weight is 300 g/mol. The number of ether oxygens (including phenoxy) is 1. The first-order valence-corrected chi connectivity index (χ1v) is 7.00. The lowest BCUT2D eigenvalue weighted by molar-refractivity contribution is 0.447. The van der Waals surface area contributed by atoms with E-state index in [1.807, 2.05) is 0 Å². The van der Waals surface area contributed by atoms with Gasteiger partial charge in [0.1, 0.15) is 10.6 Å². The summed E-state index contributed by atoms with van der Waals surface area (Å²) in [5, 5.41) is 5.53. The predicted molar refractivity (Wildman–Crippen MR) is 71.5 cm³/mol. The fourth-order valence-corrected chi connectivity index (χ4v) is 2.19. The Morgan fingerprint density at radius 3 is 2.63 bits per heavy atom. The second kappa shape index (κ2) is 5.04. The molecule has 1 heterocycles. The molecule has 0 radical (unpaired) electrons. The summed E-state index contributed by atoms with van der Waals surface area (Å²) in [5.41, 5.74) is 5.65. The van der Waals surface area contributed by atoms with Crippen LogP contribution in [0.2, 0.25) is 5.02 Å². The van der Waals surface area contributed by atoms with Crippen LogP contribution in [0.25, 0.3) is 0 Å². The molecule has 0 atom stereocenters. The summed E-state index contributed by atoms with van der Waals surface area (Å²) in [7, 11) is -3.99. The highest BCUT2D eigenvalue weighted by Gasteiger charge is 2.18. The van der Waals surface area contributed by atoms with E-state index in [1.54, 1.807) is 18.2 Å². The van der Waals surface area contributed by atoms with Gasteiger partial charge in [0.15, 0.2) is 0 Å². The van der Waals surface area contributed by atoms with E-state index in [4.69, 9.17) is 27.2 Å². The number of benzene rings is 1. The normalized spacial score (nSPS) is 11.3. The molecule has 0 bridgehead atoms. The maximum Gasteiger partial charge on any atom is 0.243 e. The average Bonchev–Trinajstić information content (AvgIpc) is 2.30. The van der Waals surface area contributed by atoms with Crippen LogP contribution in [0.3, 0.4) is 0 Å². The Labute approximate surface area is 115 Å². The molecule has 0 spiro atoms. The van der Waals surface area contributed by atoms with Gasteiger partial charge in [-0.25, -0.2) is 18.5 Å². The Kier molecular flexibility index (Phi) is 3.61. The van der Waals surface area contributed by atoms with Crippen molar-refractivity contribution in [1.29, 1.82) is 0 Å². The summed E-state index contributed by atoms with van der Waals surface area (Å²) in [6.45, 7) is 0. The van der Waals surface area contributed by atoms with Crippen LogP contribution in [0.15, 0.2) is 41.4 Å². The maximum absolute atomic E-state index is 11.4. The van der Waals surface area contributed by atoms with Gasteiger partial charge < -0.3 is 10.5 Å². The number of halogens is 1. The molecule has 2 rings (SSSR count). The Hall–Kier alpha value is -1.83. The Bertz CT molecular complexity index is 719. The zero-order chi connectivity index (χ0) is 14.0. The molecule has 4 N–H and O–H groups in total. The van der Waals surface area contributed by atoms with Crippen molar-refractivity contribution in [2.75, 3.05) is 5.73 Å². The maximum atomic E-state index is 11.4. The van der Waals surface area contributed by atoms with E-state index >= 15 is 0 Å². The molecule has 0 saturated heterocycles. The molecule has 0 aliphatic heterocycles. The highest BCUT2D eigenvalue weighted by molar-refractivity contribution is 7.89. The van der Waals surface area contributed by atoms with Gasteiger partial charge in [0, 0.05) is 5.02 Å². The van der Waals surface area contributed by atoms with Gasteiger partial charge in [0.2, 0.25) is 15.9 Å². The van der Waals surface area contributed by atoms with E-state index in [-0.39, 0.29) is 16.5 Å². The van der Waals surface area contributed by atoms with E-state index in [1.165, 1.54) is 18.3 Å². The number of aromatic nitrogens is 1. The molecule has 2 aromatic rings. The van der Waals surface area contributed by atoms with Crippen molar-refractivity contribution >= 4 is 27.3 Å². The van der Waals surface area contributed by atoms with E-state index in [0.717, 1.165) is 0 Å². The van der Waals surface area contributed by atoms with E-state index in [0.29, 0.717) is 10.8 Å². The lowest BCUT2D eigenvalue weighted by atomic mass is 10.3. The van der Waals surface area contributed by atoms with Gasteiger partial charge in [-0.15, -0.1) is 0 Å². The van der Waals surface area contributed by atoms with Crippen LogP contribution >= 0.6 is 11.6 Å². The Balaban J connectivity index is 2.46. The van der Waals surface area contributed by atoms with Crippen LogP contribution < -0.4 is 15.6 Å². The quantitative estimate of drug-likeness (QED) is 0.897. The summed E-state index contributed by atoms with van der Waals surface area (Å²) in [5.74, 6) is 0.189. The van der Waals surface area contributed by atoms with Gasteiger partial charge >= 0.3 is 0 Å². The number of hydrogen-bond donors (Lipinski definition) is 2. The Morgan fingerprint density at radius 2 is 2.00 bits per heavy atom. The molecule has 1 aromatic heterocycles. The fourth-order valence-electron chi connectivity index (χ4n) is 1.37. The number of nitrogens with two attached hydrogens (primary N) is 2. The first-order valence-electron chi connectivity index (χ1n) is 5.08. The molecule has 8 heteroatoms. The molecule has 1 aromatic carbocycles. The van der Waals surface area contributed by atoms with Crippen molar-refractivity contribution in [2.24, 2.45) is 5.14 Å². The van der Waals surface area contributed by atoms with Crippen LogP contribution in [-0.4, -0.2) is 13.4 Å². The number of nitrogen functional groups attached to an aromatic ring is 1. The molecule has 6 nitrogen and oxygen atoms in total. The fraction of sp³-hybridized carbons (Fsp3) is 0. The lowest BCUT2D eigenvalue weighted by Crippen LogP contribution is -2.14. The first-order chi connectivity index (χ1) is 8.86. The van der Waals surface area contributed by atoms with Gasteiger partial charge in [0.05, 0.1) is 11.9 Å². The molecular formula is C11H10ClN3O3S. The number of rotatable bonds is 3. The van der Waals surface area contributed by atoms with Crippen molar-refractivity contribution in [1.82, 2.24) is 4.98 Å². The van der Waals surface area contributed by atoms with Gasteiger partial charge in [-0.1, -0.05) is 17.7 Å². The van der Waals surface area contributed by atoms with Crippen molar-refractivity contribution < 1.29 is 13.2 Å². The molecule has 0 fully saturated rings. The summed E-state index contributed by atoms with van der Waals surface area (Å²) >= 11 is 5.80. The minimum Gasteiger partial charge on any atom is -0.438 e. The van der Waals surface area contributed by atoms with E-state index < -0.39 is 10.0 Å². The van der Waals surface area contributed by atoms with E-state index in [2.05, 4.69) is 4.98 Å². The highest BCUT2D eigenvalue weighted by Crippen LogP contribution is 2.28. The largest absolute Gasteiger partial charge is 0.438 e. The zero-order valence-corrected chi connectivity index (χ0v) is 11.1. The van der Waals surface area contributed by atoms with Gasteiger partial charge in [-0.3, -0.25) is 0 Å². The molecule has 0 saturated carbocycles. The predicted octanol–water partition coefficient (Wildman–Crippen LogP) is 1.76. The van der Waals surface area contributed by atoms with Crippen molar-refractivity contribution in [3.63, 3.8) is 0 Å². The van der Waals surface area contributed by atoms with Crippen LogP contribution in [-0.2, 0) is 10.0 Å². The molecule has 19 heavy (non-hydrogen) atoms. The van der Waals surface area contributed by atoms with Gasteiger partial charge in [-0.05, 0) is 24.3 Å². The lowest BCUT2D eigenvalue weighted by Gasteiger charge is -2.09. The minimum absolute atomic E-state index is 0.154. The number of nitrogens with zero attached hydrogens (tertiary/aromatic N) is 1. The highest BCUT2D eigenvalue weighted by atomic mass is 35.5. The zero-order valence-electron chi connectivity index (χ0n) is 9.58. The van der Waals surface area contributed by atoms with Crippen LogP contribution in [0.5, 0.6) is 11.6 Å². The second-order valence-electron chi connectivity index (χ2n) is 3.68. The van der Waals surface area contributed by atoms with Gasteiger partial charge in [0.25, 0.3) is 0 Å². The van der Waals surface area contributed by atoms with Crippen LogP contribution in [0.4, 0.5) is 5.69 Å². The number of anilines is 1. The first kappa shape index (κ1) is 13.6. The third-order valence-electron chi connectivity index (χ3n) is 2.16. The number of sulfonamides is 1. The van der Waals surface area contributed by atoms with Crippen molar-refractivity contribution in [2.45, 2.75) is 4.90 Å². The summed E-state index contributed by atoms with van der Waals surface area (Å²) < 4.78 is 28.2. The molecule has 0 unspecified atom stereocenters. The number of primary sulfonamides is 1. The molecule has 100 valence electrons. The molecule has 0 aliphatic carbocycles. The molecular weight excluding hydrogens is 290 g/mol. The second-order valence-corrected chi connectivity index (χ2v) is 5.64. The van der Waals surface area contributed by atoms with Gasteiger partial charge in [-0.2, -0.15) is 0 Å². The van der Waals surface area contributed by atoms with E-state index in [9.17, 15) is 8.42 Å². The molecule has 0 amide bonds.